The molecule has 3 aromatic rings. The van der Waals surface area contributed by atoms with Crippen LogP contribution >= 0.6 is 11.3 Å². The van der Waals surface area contributed by atoms with Gasteiger partial charge in [0.15, 0.2) is 6.61 Å². The van der Waals surface area contributed by atoms with Crippen LogP contribution < -0.4 is 9.47 Å². The first-order chi connectivity index (χ1) is 16.1. The predicted octanol–water partition coefficient (Wildman–Crippen LogP) is 4.69. The maximum Gasteiger partial charge on any atom is 0.344 e. The van der Waals surface area contributed by atoms with E-state index in [1.165, 1.54) is 16.3 Å². The molecule has 1 amide bonds. The zero-order valence-electron chi connectivity index (χ0n) is 18.4. The molecule has 0 aliphatic carbocycles. The first-order valence-corrected chi connectivity index (χ1v) is 11.4. The number of carbonyl (C=O) groups is 2. The summed E-state index contributed by atoms with van der Waals surface area (Å²) in [4.78, 5) is 25.5. The minimum absolute atomic E-state index is 0.156. The molecular weight excluding hydrogens is 440 g/mol. The normalized spacial score (nSPS) is 15.2. The fourth-order valence-electron chi connectivity index (χ4n) is 3.58. The van der Waals surface area contributed by atoms with Gasteiger partial charge in [0, 0.05) is 6.42 Å². The number of carbonyl (C=O) groups excluding carboxylic acids is 2. The van der Waals surface area contributed by atoms with Gasteiger partial charge in [0.05, 0.1) is 30.3 Å². The van der Waals surface area contributed by atoms with Gasteiger partial charge >= 0.3 is 5.97 Å². The molecule has 8 heteroatoms. The van der Waals surface area contributed by atoms with Crippen molar-refractivity contribution in [3.8, 4) is 11.5 Å². The second-order valence-corrected chi connectivity index (χ2v) is 8.24. The molecular formula is C25H24N2O5S. The number of amides is 1. The summed E-state index contributed by atoms with van der Waals surface area (Å²) in [6.45, 7) is 1.88. The smallest absolute Gasteiger partial charge is 0.344 e. The van der Waals surface area contributed by atoms with Crippen molar-refractivity contribution in [1.82, 2.24) is 5.01 Å². The molecule has 1 aliphatic heterocycles. The summed E-state index contributed by atoms with van der Waals surface area (Å²) in [6.07, 6.45) is 0.546. The number of hydrogen-bond acceptors (Lipinski definition) is 7. The van der Waals surface area contributed by atoms with E-state index < -0.39 is 5.97 Å². The Morgan fingerprint density at radius 2 is 1.91 bits per heavy atom. The van der Waals surface area contributed by atoms with E-state index in [4.69, 9.17) is 19.3 Å². The number of thiophene rings is 1. The number of hydrazone groups is 1. The molecule has 170 valence electrons. The Hall–Kier alpha value is -3.65. The molecule has 2 aromatic carbocycles. The summed E-state index contributed by atoms with van der Waals surface area (Å²) in [6, 6.07) is 18.4. The van der Waals surface area contributed by atoms with Crippen LogP contribution in [0.25, 0.3) is 0 Å². The zero-order valence-corrected chi connectivity index (χ0v) is 19.2. The summed E-state index contributed by atoms with van der Waals surface area (Å²) in [7, 11) is 1.62. The van der Waals surface area contributed by atoms with E-state index in [1.54, 1.807) is 26.2 Å². The summed E-state index contributed by atoms with van der Waals surface area (Å²) in [5.41, 5.74) is 2.61. The highest BCUT2D eigenvalue weighted by atomic mass is 32.1. The van der Waals surface area contributed by atoms with Crippen molar-refractivity contribution in [2.75, 3.05) is 20.3 Å². The molecule has 1 aliphatic rings. The number of nitrogens with zero attached hydrogens (tertiary/aromatic N) is 2. The number of hydrogen-bond donors (Lipinski definition) is 0. The number of esters is 1. The Balaban J connectivity index is 1.61. The summed E-state index contributed by atoms with van der Waals surface area (Å²) in [5, 5.41) is 8.12. The highest BCUT2D eigenvalue weighted by Gasteiger charge is 2.34. The molecule has 0 saturated carbocycles. The molecule has 1 aromatic heterocycles. The average Bonchev–Trinajstić information content (AvgIpc) is 3.54. The van der Waals surface area contributed by atoms with E-state index in [0.29, 0.717) is 23.7 Å². The van der Waals surface area contributed by atoms with Crippen LogP contribution in [0.5, 0.6) is 11.5 Å². The summed E-state index contributed by atoms with van der Waals surface area (Å²) in [5.74, 6) is 0.702. The highest BCUT2D eigenvalue weighted by molar-refractivity contribution is 7.12. The lowest BCUT2D eigenvalue weighted by Gasteiger charge is -2.22. The molecule has 0 unspecified atom stereocenters. The molecule has 0 saturated heterocycles. The molecule has 0 radical (unpaired) electrons. The SMILES string of the molecule is CCOC(=O)COc1cccc([C@H]2CC(c3ccc(OC)cc3)=NN2C(=O)c2cccs2)c1. The number of rotatable bonds is 8. The Morgan fingerprint density at radius 1 is 1.09 bits per heavy atom. The van der Waals surface area contributed by atoms with Crippen LogP contribution in [0.1, 0.15) is 40.2 Å². The van der Waals surface area contributed by atoms with Gasteiger partial charge in [0.25, 0.3) is 5.91 Å². The fourth-order valence-corrected chi connectivity index (χ4v) is 4.24. The predicted molar refractivity (Wildman–Crippen MR) is 126 cm³/mol. The number of ether oxygens (including phenoxy) is 3. The highest BCUT2D eigenvalue weighted by Crippen LogP contribution is 2.36. The van der Waals surface area contributed by atoms with Crippen molar-refractivity contribution in [3.63, 3.8) is 0 Å². The zero-order chi connectivity index (χ0) is 23.2. The lowest BCUT2D eigenvalue weighted by Crippen LogP contribution is -2.26. The Morgan fingerprint density at radius 3 is 2.61 bits per heavy atom. The van der Waals surface area contributed by atoms with Gasteiger partial charge in [-0.3, -0.25) is 4.79 Å². The Labute approximate surface area is 196 Å². The maximum atomic E-state index is 13.3. The first kappa shape index (κ1) is 22.5. The van der Waals surface area contributed by atoms with Crippen molar-refractivity contribution in [2.45, 2.75) is 19.4 Å². The second-order valence-electron chi connectivity index (χ2n) is 7.29. The minimum Gasteiger partial charge on any atom is -0.497 e. The summed E-state index contributed by atoms with van der Waals surface area (Å²) < 4.78 is 15.8. The van der Waals surface area contributed by atoms with Crippen molar-refractivity contribution in [1.29, 1.82) is 0 Å². The van der Waals surface area contributed by atoms with E-state index in [2.05, 4.69) is 0 Å². The molecule has 1 atom stereocenters. The van der Waals surface area contributed by atoms with Gasteiger partial charge in [-0.2, -0.15) is 5.10 Å². The van der Waals surface area contributed by atoms with Crippen molar-refractivity contribution in [3.05, 3.63) is 82.0 Å². The molecule has 4 rings (SSSR count). The third-order valence-corrected chi connectivity index (χ3v) is 6.04. The fraction of sp³-hybridized carbons (Fsp3) is 0.240. The Kier molecular flexibility index (Phi) is 7.04. The van der Waals surface area contributed by atoms with Gasteiger partial charge in [0.2, 0.25) is 0 Å². The molecule has 2 heterocycles. The molecule has 0 bridgehead atoms. The molecule has 0 fully saturated rings. The average molecular weight is 465 g/mol. The van der Waals surface area contributed by atoms with Gasteiger partial charge in [-0.05, 0) is 65.9 Å². The maximum absolute atomic E-state index is 13.3. The van der Waals surface area contributed by atoms with Crippen molar-refractivity contribution in [2.24, 2.45) is 5.10 Å². The quantitative estimate of drug-likeness (QED) is 0.452. The van der Waals surface area contributed by atoms with Gasteiger partial charge in [-0.1, -0.05) is 18.2 Å². The molecule has 33 heavy (non-hydrogen) atoms. The van der Waals surface area contributed by atoms with Crippen molar-refractivity contribution < 1.29 is 23.8 Å². The summed E-state index contributed by atoms with van der Waals surface area (Å²) >= 11 is 1.38. The molecule has 0 spiro atoms. The number of methoxy groups -OCH3 is 1. The topological polar surface area (TPSA) is 77.4 Å². The van der Waals surface area contributed by atoms with E-state index in [1.807, 2.05) is 53.9 Å². The van der Waals surface area contributed by atoms with Crippen LogP contribution in [0.2, 0.25) is 0 Å². The Bertz CT molecular complexity index is 1140. The largest absolute Gasteiger partial charge is 0.497 e. The standard InChI is InChI=1S/C25H24N2O5S/c1-3-31-24(28)16-32-20-7-4-6-18(14-20)22-15-21(17-9-11-19(30-2)12-10-17)26-27(22)25(29)23-8-5-13-33-23/h4-14,22H,3,15-16H2,1-2H3/t22-/m1/s1. The van der Waals surface area contributed by atoms with Crippen LogP contribution in [0, 0.1) is 0 Å². The van der Waals surface area contributed by atoms with Crippen LogP contribution in [-0.4, -0.2) is 42.9 Å². The third-order valence-electron chi connectivity index (χ3n) is 5.18. The van der Waals surface area contributed by atoms with E-state index >= 15 is 0 Å². The van der Waals surface area contributed by atoms with Crippen molar-refractivity contribution >= 4 is 28.9 Å². The van der Waals surface area contributed by atoms with Crippen LogP contribution in [0.4, 0.5) is 0 Å². The minimum atomic E-state index is -0.427. The number of benzene rings is 2. The van der Waals surface area contributed by atoms with Gasteiger partial charge < -0.3 is 14.2 Å². The molecule has 0 N–H and O–H groups in total. The third kappa shape index (κ3) is 5.23. The van der Waals surface area contributed by atoms with Gasteiger partial charge in [0.1, 0.15) is 11.5 Å². The van der Waals surface area contributed by atoms with E-state index in [-0.39, 0.29) is 18.6 Å². The monoisotopic (exact) mass is 464 g/mol. The van der Waals surface area contributed by atoms with Crippen LogP contribution in [0.15, 0.2) is 71.1 Å². The van der Waals surface area contributed by atoms with Gasteiger partial charge in [-0.25, -0.2) is 9.80 Å². The molecule has 7 nitrogen and oxygen atoms in total. The lowest BCUT2D eigenvalue weighted by molar-refractivity contribution is -0.145. The lowest BCUT2D eigenvalue weighted by atomic mass is 9.98. The van der Waals surface area contributed by atoms with E-state index in [0.717, 1.165) is 22.6 Å². The second kappa shape index (κ2) is 10.3. The first-order valence-electron chi connectivity index (χ1n) is 10.6. The van der Waals surface area contributed by atoms with Crippen LogP contribution in [-0.2, 0) is 9.53 Å². The van der Waals surface area contributed by atoms with Gasteiger partial charge in [-0.15, -0.1) is 11.3 Å². The van der Waals surface area contributed by atoms with Crippen LogP contribution in [0.3, 0.4) is 0 Å². The van der Waals surface area contributed by atoms with E-state index in [9.17, 15) is 9.59 Å².